The van der Waals surface area contributed by atoms with Crippen molar-refractivity contribution in [2.75, 3.05) is 19.6 Å². The average molecular weight is 279 g/mol. The first-order chi connectivity index (χ1) is 10.3. The van der Waals surface area contributed by atoms with Crippen molar-refractivity contribution in [2.24, 2.45) is 4.99 Å². The Morgan fingerprint density at radius 2 is 1.71 bits per heavy atom. The fourth-order valence-electron chi connectivity index (χ4n) is 2.65. The van der Waals surface area contributed by atoms with E-state index in [0.717, 1.165) is 31.2 Å². The molecule has 0 radical (unpaired) electrons. The maximum absolute atomic E-state index is 4.90. The summed E-state index contributed by atoms with van der Waals surface area (Å²) in [6, 6.07) is 21.1. The molecule has 3 heteroatoms. The summed E-state index contributed by atoms with van der Waals surface area (Å²) < 4.78 is 0. The molecule has 1 aliphatic heterocycles. The highest BCUT2D eigenvalue weighted by molar-refractivity contribution is 6.00. The van der Waals surface area contributed by atoms with Gasteiger partial charge in [0.15, 0.2) is 0 Å². The summed E-state index contributed by atoms with van der Waals surface area (Å²) in [5.41, 5.74) is 2.18. The van der Waals surface area contributed by atoms with Crippen LogP contribution in [0.1, 0.15) is 12.5 Å². The largest absolute Gasteiger partial charge is 0.353 e. The number of hydrogen-bond acceptors (Lipinski definition) is 2. The van der Waals surface area contributed by atoms with E-state index in [2.05, 4.69) is 53.5 Å². The number of nitrogens with one attached hydrogen (secondary N) is 1. The van der Waals surface area contributed by atoms with Crippen molar-refractivity contribution in [2.45, 2.75) is 13.0 Å². The van der Waals surface area contributed by atoms with Gasteiger partial charge in [0.25, 0.3) is 0 Å². The molecular weight excluding hydrogens is 258 g/mol. The molecule has 1 heterocycles. The van der Waals surface area contributed by atoms with Gasteiger partial charge in [-0.3, -0.25) is 0 Å². The Labute approximate surface area is 126 Å². The van der Waals surface area contributed by atoms with Crippen LogP contribution in [0.2, 0.25) is 0 Å². The van der Waals surface area contributed by atoms with E-state index in [0.29, 0.717) is 6.04 Å². The van der Waals surface area contributed by atoms with Crippen LogP contribution < -0.4 is 5.32 Å². The van der Waals surface area contributed by atoms with Gasteiger partial charge in [-0.25, -0.2) is 4.99 Å². The van der Waals surface area contributed by atoms with E-state index < -0.39 is 0 Å². The Morgan fingerprint density at radius 3 is 2.38 bits per heavy atom. The van der Waals surface area contributed by atoms with Crippen LogP contribution in [0.25, 0.3) is 0 Å². The second kappa shape index (κ2) is 6.55. The van der Waals surface area contributed by atoms with Gasteiger partial charge in [0.1, 0.15) is 5.84 Å². The van der Waals surface area contributed by atoms with Gasteiger partial charge in [0, 0.05) is 31.2 Å². The molecule has 1 aliphatic rings. The number of hydrogen-bond donors (Lipinski definition) is 1. The quantitative estimate of drug-likeness (QED) is 0.676. The van der Waals surface area contributed by atoms with Crippen LogP contribution in [-0.4, -0.2) is 36.4 Å². The number of nitrogens with zero attached hydrogens (tertiary/aromatic N) is 2. The Hall–Kier alpha value is -2.13. The molecule has 0 amide bonds. The molecule has 2 aromatic rings. The van der Waals surface area contributed by atoms with E-state index in [1.165, 1.54) is 5.56 Å². The molecule has 1 saturated heterocycles. The third kappa shape index (κ3) is 3.50. The van der Waals surface area contributed by atoms with E-state index in [9.17, 15) is 0 Å². The van der Waals surface area contributed by atoms with Crippen molar-refractivity contribution in [1.29, 1.82) is 0 Å². The molecule has 3 rings (SSSR count). The van der Waals surface area contributed by atoms with Crippen LogP contribution in [0.15, 0.2) is 65.7 Å². The molecule has 0 bridgehead atoms. The summed E-state index contributed by atoms with van der Waals surface area (Å²) in [5, 5.41) is 3.49. The fraction of sp³-hybridized carbons (Fsp3) is 0.278. The summed E-state index contributed by atoms with van der Waals surface area (Å²) in [4.78, 5) is 7.28. The molecule has 0 aromatic heterocycles. The van der Waals surface area contributed by atoms with Crippen molar-refractivity contribution in [3.8, 4) is 0 Å². The number of piperazine rings is 1. The average Bonchev–Trinajstić information content (AvgIpc) is 2.54. The maximum atomic E-state index is 4.90. The minimum absolute atomic E-state index is 0.489. The Morgan fingerprint density at radius 1 is 1.05 bits per heavy atom. The lowest BCUT2D eigenvalue weighted by molar-refractivity contribution is 0.304. The molecule has 1 unspecified atom stereocenters. The van der Waals surface area contributed by atoms with Gasteiger partial charge in [0.2, 0.25) is 0 Å². The number of amidine groups is 1. The fourth-order valence-corrected chi connectivity index (χ4v) is 2.65. The van der Waals surface area contributed by atoms with Gasteiger partial charge >= 0.3 is 0 Å². The Bertz CT molecular complexity index is 592. The lowest BCUT2D eigenvalue weighted by Crippen LogP contribution is -2.51. The smallest absolute Gasteiger partial charge is 0.136 e. The minimum atomic E-state index is 0.489. The summed E-state index contributed by atoms with van der Waals surface area (Å²) in [6.07, 6.45) is 0. The lowest BCUT2D eigenvalue weighted by atomic mass is 10.1. The number of aliphatic imine (C=N–C) groups is 1. The van der Waals surface area contributed by atoms with Crippen LogP contribution in [0.3, 0.4) is 0 Å². The molecule has 2 aromatic carbocycles. The zero-order valence-corrected chi connectivity index (χ0v) is 12.4. The van der Waals surface area contributed by atoms with E-state index >= 15 is 0 Å². The first-order valence-electron chi connectivity index (χ1n) is 7.50. The number of benzene rings is 2. The predicted octanol–water partition coefficient (Wildman–Crippen LogP) is 3.06. The Kier molecular flexibility index (Phi) is 4.31. The standard InChI is InChI=1S/C18H21N3/c1-15-14-21(13-12-19-15)18(16-8-4-2-5-9-16)20-17-10-6-3-7-11-17/h2-11,15,19H,12-14H2,1H3. The number of para-hydroxylation sites is 1. The highest BCUT2D eigenvalue weighted by Gasteiger charge is 2.20. The molecular formula is C18H21N3. The predicted molar refractivity (Wildman–Crippen MR) is 88.1 cm³/mol. The van der Waals surface area contributed by atoms with Crippen molar-refractivity contribution in [3.63, 3.8) is 0 Å². The zero-order valence-electron chi connectivity index (χ0n) is 12.4. The van der Waals surface area contributed by atoms with Crippen molar-refractivity contribution < 1.29 is 0 Å². The molecule has 1 N–H and O–H groups in total. The minimum Gasteiger partial charge on any atom is -0.353 e. The summed E-state index contributed by atoms with van der Waals surface area (Å²) >= 11 is 0. The van der Waals surface area contributed by atoms with E-state index in [1.807, 2.05) is 24.3 Å². The molecule has 0 spiro atoms. The second-order valence-electron chi connectivity index (χ2n) is 5.44. The molecule has 0 aliphatic carbocycles. The van der Waals surface area contributed by atoms with Gasteiger partial charge < -0.3 is 10.2 Å². The van der Waals surface area contributed by atoms with Crippen LogP contribution in [-0.2, 0) is 0 Å². The first-order valence-corrected chi connectivity index (χ1v) is 7.50. The van der Waals surface area contributed by atoms with Crippen LogP contribution in [0.4, 0.5) is 5.69 Å². The molecule has 1 fully saturated rings. The van der Waals surface area contributed by atoms with Gasteiger partial charge in [-0.2, -0.15) is 0 Å². The van der Waals surface area contributed by atoms with Gasteiger partial charge in [0.05, 0.1) is 5.69 Å². The number of rotatable bonds is 2. The SMILES string of the molecule is CC1CN(C(=Nc2ccccc2)c2ccccc2)CCN1. The molecule has 21 heavy (non-hydrogen) atoms. The third-order valence-corrected chi connectivity index (χ3v) is 3.69. The van der Waals surface area contributed by atoms with Crippen LogP contribution >= 0.6 is 0 Å². The summed E-state index contributed by atoms with van der Waals surface area (Å²) in [6.45, 7) is 5.20. The topological polar surface area (TPSA) is 27.6 Å². The van der Waals surface area contributed by atoms with E-state index in [-0.39, 0.29) is 0 Å². The van der Waals surface area contributed by atoms with Crippen molar-refractivity contribution in [1.82, 2.24) is 10.2 Å². The monoisotopic (exact) mass is 279 g/mol. The van der Waals surface area contributed by atoms with Gasteiger partial charge in [-0.1, -0.05) is 48.5 Å². The van der Waals surface area contributed by atoms with E-state index in [4.69, 9.17) is 4.99 Å². The zero-order chi connectivity index (χ0) is 14.5. The third-order valence-electron chi connectivity index (χ3n) is 3.69. The first kappa shape index (κ1) is 13.8. The highest BCUT2D eigenvalue weighted by Crippen LogP contribution is 2.16. The van der Waals surface area contributed by atoms with Crippen LogP contribution in [0.5, 0.6) is 0 Å². The van der Waals surface area contributed by atoms with E-state index in [1.54, 1.807) is 0 Å². The molecule has 108 valence electrons. The molecule has 0 saturated carbocycles. The van der Waals surface area contributed by atoms with Gasteiger partial charge in [-0.05, 0) is 19.1 Å². The maximum Gasteiger partial charge on any atom is 0.136 e. The summed E-state index contributed by atoms with van der Waals surface area (Å²) in [7, 11) is 0. The lowest BCUT2D eigenvalue weighted by Gasteiger charge is -2.34. The van der Waals surface area contributed by atoms with Gasteiger partial charge in [-0.15, -0.1) is 0 Å². The van der Waals surface area contributed by atoms with Crippen molar-refractivity contribution >= 4 is 11.5 Å². The highest BCUT2D eigenvalue weighted by atomic mass is 15.2. The molecule has 3 nitrogen and oxygen atoms in total. The Balaban J connectivity index is 1.97. The summed E-state index contributed by atoms with van der Waals surface area (Å²) in [5.74, 6) is 1.06. The van der Waals surface area contributed by atoms with Crippen LogP contribution in [0, 0.1) is 0 Å². The molecule has 1 atom stereocenters. The van der Waals surface area contributed by atoms with Crippen molar-refractivity contribution in [3.05, 3.63) is 66.2 Å². The normalized spacial score (nSPS) is 19.6. The second-order valence-corrected chi connectivity index (χ2v) is 5.44.